The van der Waals surface area contributed by atoms with Gasteiger partial charge in [-0.05, 0) is 53.7 Å². The fourth-order valence-electron chi connectivity index (χ4n) is 4.44. The van der Waals surface area contributed by atoms with E-state index in [1.54, 1.807) is 25.1 Å². The van der Waals surface area contributed by atoms with Crippen LogP contribution >= 0.6 is 11.3 Å². The van der Waals surface area contributed by atoms with Gasteiger partial charge < -0.3 is 14.2 Å². The van der Waals surface area contributed by atoms with Crippen molar-refractivity contribution in [2.75, 3.05) is 13.7 Å². The number of methoxy groups -OCH3 is 1. The summed E-state index contributed by atoms with van der Waals surface area (Å²) in [7, 11) is 1.46. The fraction of sp³-hybridized carbons (Fsp3) is 0.355. The standard InChI is InChI=1S/C31H34N2O6S/c1-17(2)16-38-30(36)27-19(5)32-31-33(28(27)23-12-13-24(39-20(6)34)25(15-23)37-7)29(35)26(40-31)14-21-8-10-22(11-9-21)18(3)4/h8-15,17-18,28H,16H2,1-7H3. The largest absolute Gasteiger partial charge is 0.493 e. The number of benzene rings is 2. The van der Waals surface area contributed by atoms with Crippen LogP contribution < -0.4 is 24.4 Å². The summed E-state index contributed by atoms with van der Waals surface area (Å²) in [5.74, 6) is 0.0380. The number of ether oxygens (including phenoxy) is 3. The Hall–Kier alpha value is -3.98. The molecule has 1 aliphatic rings. The van der Waals surface area contributed by atoms with E-state index >= 15 is 0 Å². The lowest BCUT2D eigenvalue weighted by Crippen LogP contribution is -2.40. The van der Waals surface area contributed by atoms with Crippen molar-refractivity contribution >= 4 is 29.4 Å². The van der Waals surface area contributed by atoms with Crippen LogP contribution in [-0.2, 0) is 14.3 Å². The molecule has 0 amide bonds. The molecule has 1 unspecified atom stereocenters. The van der Waals surface area contributed by atoms with E-state index in [0.29, 0.717) is 32.3 Å². The summed E-state index contributed by atoms with van der Waals surface area (Å²) in [6, 6.07) is 12.2. The second kappa shape index (κ2) is 12.0. The quantitative estimate of drug-likeness (QED) is 0.297. The summed E-state index contributed by atoms with van der Waals surface area (Å²) in [6.45, 7) is 11.4. The number of fused-ring (bicyclic) bond motifs is 1. The molecular formula is C31H34N2O6S. The molecule has 9 heteroatoms. The minimum absolute atomic E-state index is 0.134. The Kier molecular flexibility index (Phi) is 8.73. The van der Waals surface area contributed by atoms with Crippen LogP contribution in [-0.4, -0.2) is 30.2 Å². The first kappa shape index (κ1) is 29.0. The predicted molar refractivity (Wildman–Crippen MR) is 154 cm³/mol. The molecule has 0 spiro atoms. The maximum absolute atomic E-state index is 13.9. The first-order valence-electron chi connectivity index (χ1n) is 13.2. The van der Waals surface area contributed by atoms with Gasteiger partial charge >= 0.3 is 11.9 Å². The van der Waals surface area contributed by atoms with E-state index in [1.807, 2.05) is 32.1 Å². The first-order chi connectivity index (χ1) is 19.0. The highest BCUT2D eigenvalue weighted by atomic mass is 32.1. The molecule has 0 saturated carbocycles. The summed E-state index contributed by atoms with van der Waals surface area (Å²) < 4.78 is 18.4. The Balaban J connectivity index is 1.90. The maximum atomic E-state index is 13.9. The van der Waals surface area contributed by atoms with Crippen LogP contribution in [0.15, 0.2) is 63.5 Å². The minimum Gasteiger partial charge on any atom is -0.493 e. The Morgan fingerprint density at radius 2 is 1.77 bits per heavy atom. The van der Waals surface area contributed by atoms with Gasteiger partial charge in [0.1, 0.15) is 0 Å². The number of nitrogens with zero attached hydrogens (tertiary/aromatic N) is 2. The summed E-state index contributed by atoms with van der Waals surface area (Å²) >= 11 is 1.26. The highest BCUT2D eigenvalue weighted by Crippen LogP contribution is 2.36. The summed E-state index contributed by atoms with van der Waals surface area (Å²) in [5, 5.41) is 0. The zero-order valence-electron chi connectivity index (χ0n) is 23.8. The molecule has 1 aliphatic heterocycles. The van der Waals surface area contributed by atoms with Crippen LogP contribution in [0.25, 0.3) is 6.08 Å². The second-order valence-corrected chi connectivity index (χ2v) is 11.4. The number of allylic oxidation sites excluding steroid dienone is 1. The van der Waals surface area contributed by atoms with Crippen LogP contribution in [0.1, 0.15) is 70.2 Å². The van der Waals surface area contributed by atoms with Gasteiger partial charge in [0.05, 0.1) is 35.6 Å². The van der Waals surface area contributed by atoms with E-state index in [4.69, 9.17) is 14.2 Å². The predicted octanol–water partition coefficient (Wildman–Crippen LogP) is 4.49. The third-order valence-electron chi connectivity index (χ3n) is 6.45. The van der Waals surface area contributed by atoms with Gasteiger partial charge in [0.15, 0.2) is 16.3 Å². The molecule has 1 atom stereocenters. The number of thiazole rings is 1. The van der Waals surface area contributed by atoms with Gasteiger partial charge in [-0.1, -0.05) is 69.4 Å². The number of aromatic nitrogens is 1. The Bertz CT molecular complexity index is 1640. The van der Waals surface area contributed by atoms with Crippen molar-refractivity contribution in [3.05, 3.63) is 90.1 Å². The van der Waals surface area contributed by atoms with Gasteiger partial charge in [-0.25, -0.2) is 9.79 Å². The van der Waals surface area contributed by atoms with E-state index in [0.717, 1.165) is 5.56 Å². The molecule has 0 aliphatic carbocycles. The molecule has 40 heavy (non-hydrogen) atoms. The summed E-state index contributed by atoms with van der Waals surface area (Å²) in [6.07, 6.45) is 1.84. The topological polar surface area (TPSA) is 96.2 Å². The number of rotatable bonds is 8. The Morgan fingerprint density at radius 3 is 2.38 bits per heavy atom. The molecule has 3 aromatic rings. The Labute approximate surface area is 237 Å². The van der Waals surface area contributed by atoms with Crippen molar-refractivity contribution in [2.45, 2.75) is 53.5 Å². The van der Waals surface area contributed by atoms with Crippen molar-refractivity contribution in [1.82, 2.24) is 4.57 Å². The third kappa shape index (κ3) is 6.09. The SMILES string of the molecule is COc1cc(C2C(C(=O)OCC(C)C)=C(C)N=c3sc(=Cc4ccc(C(C)C)cc4)c(=O)n32)ccc1OC(C)=O. The van der Waals surface area contributed by atoms with E-state index in [2.05, 4.69) is 31.0 Å². The van der Waals surface area contributed by atoms with Crippen molar-refractivity contribution in [1.29, 1.82) is 0 Å². The number of carbonyl (C=O) groups excluding carboxylic acids is 2. The average molecular weight is 563 g/mol. The lowest BCUT2D eigenvalue weighted by molar-refractivity contribution is -0.140. The molecule has 0 bridgehead atoms. The zero-order chi connectivity index (χ0) is 29.1. The van der Waals surface area contributed by atoms with Crippen LogP contribution in [0.3, 0.4) is 0 Å². The number of hydrogen-bond donors (Lipinski definition) is 0. The second-order valence-electron chi connectivity index (χ2n) is 10.4. The van der Waals surface area contributed by atoms with E-state index in [-0.39, 0.29) is 29.4 Å². The molecule has 0 saturated heterocycles. The van der Waals surface area contributed by atoms with Crippen molar-refractivity contribution < 1.29 is 23.8 Å². The van der Waals surface area contributed by atoms with Crippen LogP contribution in [0.2, 0.25) is 0 Å². The van der Waals surface area contributed by atoms with Gasteiger partial charge in [-0.2, -0.15) is 0 Å². The molecule has 1 aromatic heterocycles. The molecular weight excluding hydrogens is 528 g/mol. The highest BCUT2D eigenvalue weighted by molar-refractivity contribution is 7.07. The molecule has 0 radical (unpaired) electrons. The normalized spacial score (nSPS) is 15.2. The molecule has 2 heterocycles. The molecule has 0 fully saturated rings. The molecule has 210 valence electrons. The van der Waals surface area contributed by atoms with Gasteiger partial charge in [-0.3, -0.25) is 14.2 Å². The Morgan fingerprint density at radius 1 is 1.07 bits per heavy atom. The lowest BCUT2D eigenvalue weighted by Gasteiger charge is -2.25. The molecule has 4 rings (SSSR count). The number of hydrogen-bond acceptors (Lipinski definition) is 8. The molecule has 8 nitrogen and oxygen atoms in total. The van der Waals surface area contributed by atoms with E-state index in [1.165, 1.54) is 35.5 Å². The van der Waals surface area contributed by atoms with Gasteiger partial charge in [0.25, 0.3) is 5.56 Å². The van der Waals surface area contributed by atoms with E-state index in [9.17, 15) is 14.4 Å². The monoisotopic (exact) mass is 562 g/mol. The van der Waals surface area contributed by atoms with Crippen molar-refractivity contribution in [3.63, 3.8) is 0 Å². The zero-order valence-corrected chi connectivity index (χ0v) is 24.6. The van der Waals surface area contributed by atoms with Crippen LogP contribution in [0, 0.1) is 5.92 Å². The molecule has 2 aromatic carbocycles. The smallest absolute Gasteiger partial charge is 0.338 e. The number of esters is 2. The third-order valence-corrected chi connectivity index (χ3v) is 7.43. The van der Waals surface area contributed by atoms with Gasteiger partial charge in [0, 0.05) is 6.92 Å². The minimum atomic E-state index is -0.818. The molecule has 0 N–H and O–H groups in total. The highest BCUT2D eigenvalue weighted by Gasteiger charge is 2.34. The van der Waals surface area contributed by atoms with Gasteiger partial charge in [0.2, 0.25) is 0 Å². The first-order valence-corrected chi connectivity index (χ1v) is 14.0. The lowest BCUT2D eigenvalue weighted by atomic mass is 9.95. The van der Waals surface area contributed by atoms with Crippen LogP contribution in [0.4, 0.5) is 0 Å². The number of carbonyl (C=O) groups is 2. The fourth-order valence-corrected chi connectivity index (χ4v) is 5.49. The van der Waals surface area contributed by atoms with Crippen molar-refractivity contribution in [2.24, 2.45) is 10.9 Å². The average Bonchev–Trinajstić information content (AvgIpc) is 3.20. The van der Waals surface area contributed by atoms with Crippen molar-refractivity contribution in [3.8, 4) is 11.5 Å². The van der Waals surface area contributed by atoms with E-state index < -0.39 is 18.0 Å². The summed E-state index contributed by atoms with van der Waals surface area (Å²) in [5.41, 5.74) is 3.16. The van der Waals surface area contributed by atoms with Crippen LogP contribution in [0.5, 0.6) is 11.5 Å². The maximum Gasteiger partial charge on any atom is 0.338 e. The summed E-state index contributed by atoms with van der Waals surface area (Å²) in [4.78, 5) is 44.0. The van der Waals surface area contributed by atoms with Gasteiger partial charge in [-0.15, -0.1) is 0 Å².